The minimum atomic E-state index is 0.211. The van der Waals surface area contributed by atoms with E-state index in [-0.39, 0.29) is 6.04 Å². The van der Waals surface area contributed by atoms with Crippen molar-refractivity contribution in [1.29, 1.82) is 0 Å². The Kier molecular flexibility index (Phi) is 6.34. The topological polar surface area (TPSA) is 30.5 Å². The average molecular weight is 277 g/mol. The Hall–Kier alpha value is -1.06. The number of likely N-dealkylation sites (N-methyl/N-ethyl adjacent to an activating group) is 1. The van der Waals surface area contributed by atoms with Crippen molar-refractivity contribution in [2.45, 2.75) is 51.7 Å². The predicted octanol–water partition coefficient (Wildman–Crippen LogP) is 3.70. The highest BCUT2D eigenvalue weighted by molar-refractivity contribution is 5.36. The molecule has 0 saturated heterocycles. The van der Waals surface area contributed by atoms with Crippen molar-refractivity contribution in [3.8, 4) is 5.75 Å². The van der Waals surface area contributed by atoms with E-state index in [0.717, 1.165) is 18.9 Å². The molecule has 0 heterocycles. The summed E-state index contributed by atoms with van der Waals surface area (Å²) >= 11 is 0. The largest absolute Gasteiger partial charge is 0.494 e. The molecule has 112 valence electrons. The van der Waals surface area contributed by atoms with Gasteiger partial charge in [0.15, 0.2) is 0 Å². The Morgan fingerprint density at radius 1 is 1.20 bits per heavy atom. The van der Waals surface area contributed by atoms with E-state index in [0.29, 0.717) is 12.7 Å². The van der Waals surface area contributed by atoms with E-state index in [1.165, 1.54) is 31.2 Å². The van der Waals surface area contributed by atoms with E-state index in [4.69, 9.17) is 9.47 Å². The first-order valence-corrected chi connectivity index (χ1v) is 7.91. The highest BCUT2D eigenvalue weighted by Gasteiger charge is 2.20. The van der Waals surface area contributed by atoms with Crippen LogP contribution in [-0.4, -0.2) is 25.9 Å². The van der Waals surface area contributed by atoms with Gasteiger partial charge in [-0.25, -0.2) is 0 Å². The van der Waals surface area contributed by atoms with Crippen LogP contribution in [0, 0.1) is 0 Å². The van der Waals surface area contributed by atoms with Crippen LogP contribution in [0.5, 0.6) is 5.75 Å². The second-order valence-corrected chi connectivity index (χ2v) is 5.32. The van der Waals surface area contributed by atoms with Gasteiger partial charge in [-0.1, -0.05) is 38.0 Å². The molecule has 3 heteroatoms. The smallest absolute Gasteiger partial charge is 0.124 e. The number of ether oxygens (including phenoxy) is 2. The fraction of sp³-hybridized carbons (Fsp3) is 0.647. The number of rotatable bonds is 8. The third-order valence-electron chi connectivity index (χ3n) is 3.85. The second-order valence-electron chi connectivity index (χ2n) is 5.32. The molecule has 1 saturated carbocycles. The summed E-state index contributed by atoms with van der Waals surface area (Å²) in [6.07, 6.45) is 5.51. The van der Waals surface area contributed by atoms with Gasteiger partial charge in [-0.05, 0) is 32.4 Å². The van der Waals surface area contributed by atoms with Crippen LogP contribution in [0.3, 0.4) is 0 Å². The van der Waals surface area contributed by atoms with Gasteiger partial charge in [-0.3, -0.25) is 0 Å². The standard InChI is InChI=1S/C17H27NO2/c1-3-18-16(13-20-14-9-5-6-10-14)15-11-7-8-12-17(15)19-4-2/h7-8,11-12,14,16,18H,3-6,9-10,13H2,1-2H3. The van der Waals surface area contributed by atoms with Crippen LogP contribution in [0.1, 0.15) is 51.1 Å². The van der Waals surface area contributed by atoms with Crippen LogP contribution in [0.25, 0.3) is 0 Å². The molecule has 1 N–H and O–H groups in total. The molecule has 0 spiro atoms. The minimum Gasteiger partial charge on any atom is -0.494 e. The molecule has 1 aliphatic rings. The van der Waals surface area contributed by atoms with E-state index in [1.54, 1.807) is 0 Å². The summed E-state index contributed by atoms with van der Waals surface area (Å²) in [6, 6.07) is 8.48. The van der Waals surface area contributed by atoms with Crippen molar-refractivity contribution < 1.29 is 9.47 Å². The third-order valence-corrected chi connectivity index (χ3v) is 3.85. The SMILES string of the molecule is CCNC(COC1CCCC1)c1ccccc1OCC. The summed E-state index contributed by atoms with van der Waals surface area (Å²) in [5, 5.41) is 3.52. The molecule has 1 unspecified atom stereocenters. The van der Waals surface area contributed by atoms with E-state index in [1.807, 2.05) is 19.1 Å². The predicted molar refractivity (Wildman–Crippen MR) is 82.2 cm³/mol. The molecule has 1 aliphatic carbocycles. The zero-order valence-corrected chi connectivity index (χ0v) is 12.7. The van der Waals surface area contributed by atoms with Crippen LogP contribution >= 0.6 is 0 Å². The Balaban J connectivity index is 2.02. The van der Waals surface area contributed by atoms with Crippen LogP contribution in [0.15, 0.2) is 24.3 Å². The monoisotopic (exact) mass is 277 g/mol. The summed E-state index contributed by atoms with van der Waals surface area (Å²) in [5.74, 6) is 0.968. The molecule has 0 aliphatic heterocycles. The second kappa shape index (κ2) is 8.28. The van der Waals surface area contributed by atoms with E-state index in [2.05, 4.69) is 24.4 Å². The molecule has 0 radical (unpaired) electrons. The lowest BCUT2D eigenvalue weighted by atomic mass is 10.1. The molecular weight excluding hydrogens is 250 g/mol. The normalized spacial score (nSPS) is 17.3. The lowest BCUT2D eigenvalue weighted by Gasteiger charge is -2.23. The minimum absolute atomic E-state index is 0.211. The molecule has 1 aromatic rings. The van der Waals surface area contributed by atoms with Gasteiger partial charge in [0.2, 0.25) is 0 Å². The molecule has 2 rings (SSSR count). The number of nitrogens with one attached hydrogen (secondary N) is 1. The zero-order chi connectivity index (χ0) is 14.2. The Bertz CT molecular complexity index is 388. The average Bonchev–Trinajstić information content (AvgIpc) is 2.98. The molecule has 1 fully saturated rings. The Morgan fingerprint density at radius 3 is 2.65 bits per heavy atom. The molecular formula is C17H27NO2. The van der Waals surface area contributed by atoms with Crippen molar-refractivity contribution >= 4 is 0 Å². The van der Waals surface area contributed by atoms with Crippen LogP contribution < -0.4 is 10.1 Å². The molecule has 3 nitrogen and oxygen atoms in total. The molecule has 1 atom stereocenters. The van der Waals surface area contributed by atoms with Crippen LogP contribution in [0.4, 0.5) is 0 Å². The first-order valence-electron chi connectivity index (χ1n) is 7.91. The fourth-order valence-corrected chi connectivity index (χ4v) is 2.85. The number of hydrogen-bond donors (Lipinski definition) is 1. The summed E-state index contributed by atoms with van der Waals surface area (Å²) < 4.78 is 11.8. The van der Waals surface area contributed by atoms with Crippen molar-refractivity contribution in [3.05, 3.63) is 29.8 Å². The Labute approximate surface area is 122 Å². The Morgan fingerprint density at radius 2 is 1.95 bits per heavy atom. The van der Waals surface area contributed by atoms with Gasteiger partial charge in [0.1, 0.15) is 5.75 Å². The van der Waals surface area contributed by atoms with E-state index < -0.39 is 0 Å². The van der Waals surface area contributed by atoms with Gasteiger partial charge in [0.05, 0.1) is 25.4 Å². The van der Waals surface area contributed by atoms with E-state index in [9.17, 15) is 0 Å². The summed E-state index contributed by atoms with van der Waals surface area (Å²) in [4.78, 5) is 0. The maximum atomic E-state index is 6.09. The summed E-state index contributed by atoms with van der Waals surface area (Å²) in [6.45, 7) is 6.50. The highest BCUT2D eigenvalue weighted by atomic mass is 16.5. The maximum absolute atomic E-state index is 6.09. The third kappa shape index (κ3) is 4.22. The number of benzene rings is 1. The van der Waals surface area contributed by atoms with Crippen molar-refractivity contribution in [2.75, 3.05) is 19.8 Å². The quantitative estimate of drug-likeness (QED) is 0.786. The molecule has 0 amide bonds. The van der Waals surface area contributed by atoms with Crippen molar-refractivity contribution in [2.24, 2.45) is 0 Å². The molecule has 0 bridgehead atoms. The fourth-order valence-electron chi connectivity index (χ4n) is 2.85. The van der Waals surface area contributed by atoms with Crippen molar-refractivity contribution in [1.82, 2.24) is 5.32 Å². The highest BCUT2D eigenvalue weighted by Crippen LogP contribution is 2.27. The van der Waals surface area contributed by atoms with Crippen LogP contribution in [0.2, 0.25) is 0 Å². The van der Waals surface area contributed by atoms with Gasteiger partial charge in [-0.2, -0.15) is 0 Å². The summed E-state index contributed by atoms with van der Waals surface area (Å²) in [5.41, 5.74) is 1.20. The number of para-hydroxylation sites is 1. The van der Waals surface area contributed by atoms with Gasteiger partial charge >= 0.3 is 0 Å². The maximum Gasteiger partial charge on any atom is 0.124 e. The summed E-state index contributed by atoms with van der Waals surface area (Å²) in [7, 11) is 0. The van der Waals surface area contributed by atoms with Crippen LogP contribution in [-0.2, 0) is 4.74 Å². The van der Waals surface area contributed by atoms with Gasteiger partial charge < -0.3 is 14.8 Å². The molecule has 20 heavy (non-hydrogen) atoms. The van der Waals surface area contributed by atoms with Gasteiger partial charge in [0.25, 0.3) is 0 Å². The zero-order valence-electron chi connectivity index (χ0n) is 12.7. The van der Waals surface area contributed by atoms with Gasteiger partial charge in [-0.15, -0.1) is 0 Å². The van der Waals surface area contributed by atoms with Crippen molar-refractivity contribution in [3.63, 3.8) is 0 Å². The lowest BCUT2D eigenvalue weighted by Crippen LogP contribution is -2.27. The van der Waals surface area contributed by atoms with Gasteiger partial charge in [0, 0.05) is 5.56 Å². The lowest BCUT2D eigenvalue weighted by molar-refractivity contribution is 0.0423. The first-order chi connectivity index (χ1) is 9.85. The van der Waals surface area contributed by atoms with E-state index >= 15 is 0 Å². The molecule has 0 aromatic heterocycles. The first kappa shape index (κ1) is 15.3. The number of hydrogen-bond acceptors (Lipinski definition) is 3. The molecule has 1 aromatic carbocycles.